The molecule has 9 rings (SSSR count). The number of fused-ring (bicyclic) bond motifs is 2. The van der Waals surface area contributed by atoms with E-state index in [2.05, 4.69) is 110 Å². The molecule has 1 aromatic heterocycles. The van der Waals surface area contributed by atoms with E-state index in [0.29, 0.717) is 28.6 Å². The van der Waals surface area contributed by atoms with Crippen LogP contribution in [0.4, 0.5) is 0 Å². The Kier molecular flexibility index (Phi) is 8.85. The van der Waals surface area contributed by atoms with Gasteiger partial charge in [0, 0.05) is 16.7 Å². The van der Waals surface area contributed by atoms with Crippen molar-refractivity contribution in [2.45, 2.75) is 44.4 Å². The average Bonchev–Trinajstić information content (AvgIpc) is 3.61. The Morgan fingerprint density at radius 3 is 1.31 bits per heavy atom. The molecule has 5 nitrogen and oxygen atoms in total. The molecule has 0 amide bonds. The zero-order valence-electron chi connectivity index (χ0n) is 30.8. The third-order valence-electron chi connectivity index (χ3n) is 11.7. The molecule has 2 fully saturated rings. The van der Waals surface area contributed by atoms with Crippen LogP contribution in [0.2, 0.25) is 0 Å². The lowest BCUT2D eigenvalue weighted by molar-refractivity contribution is 0.232. The van der Waals surface area contributed by atoms with E-state index in [1.165, 1.54) is 43.2 Å². The molecule has 0 aliphatic heterocycles. The number of nitrogens with zero attached hydrogens (tertiary/aromatic N) is 5. The third kappa shape index (κ3) is 6.94. The van der Waals surface area contributed by atoms with Crippen LogP contribution in [0, 0.1) is 34.5 Å². The highest BCUT2D eigenvalue weighted by atomic mass is 15.0. The van der Waals surface area contributed by atoms with E-state index >= 15 is 0 Å². The fourth-order valence-electron chi connectivity index (χ4n) is 8.93. The summed E-state index contributed by atoms with van der Waals surface area (Å²) in [7, 11) is 0. The molecule has 0 N–H and O–H groups in total. The Balaban J connectivity index is 1.17. The second-order valence-electron chi connectivity index (χ2n) is 15.5. The molecule has 7 aromatic rings. The molecule has 264 valence electrons. The predicted molar refractivity (Wildman–Crippen MR) is 219 cm³/mol. The Bertz CT molecular complexity index is 2490. The van der Waals surface area contributed by atoms with Gasteiger partial charge in [-0.2, -0.15) is 10.5 Å². The van der Waals surface area contributed by atoms with Gasteiger partial charge in [-0.3, -0.25) is 0 Å². The SMILES string of the molecule is CC1(c2ccc(-c3cc(-c4ccc(-c5ccccc5)cc4)cc(-c4nc(-c5ccc(C#N)cc5)nc(-c5ccc(C#N)cc5)n4)c3)cc2)C[C@@H]2CC[C@@H](C2)C1. The lowest BCUT2D eigenvalue weighted by Gasteiger charge is -2.38. The van der Waals surface area contributed by atoms with E-state index in [1.807, 2.05) is 30.3 Å². The average molecular weight is 710 g/mol. The highest BCUT2D eigenvalue weighted by Crippen LogP contribution is 2.51. The van der Waals surface area contributed by atoms with Gasteiger partial charge in [-0.05, 0) is 142 Å². The minimum Gasteiger partial charge on any atom is -0.208 e. The summed E-state index contributed by atoms with van der Waals surface area (Å²) in [6, 6.07) is 54.1. The number of nitriles is 2. The van der Waals surface area contributed by atoms with Crippen LogP contribution >= 0.6 is 0 Å². The molecular formula is C50H39N5. The monoisotopic (exact) mass is 709 g/mol. The van der Waals surface area contributed by atoms with Crippen molar-refractivity contribution < 1.29 is 0 Å². The molecule has 2 aliphatic carbocycles. The molecule has 6 aromatic carbocycles. The summed E-state index contributed by atoms with van der Waals surface area (Å²) in [5.41, 5.74) is 12.0. The van der Waals surface area contributed by atoms with Crippen molar-refractivity contribution in [2.75, 3.05) is 0 Å². The van der Waals surface area contributed by atoms with Crippen molar-refractivity contribution in [1.82, 2.24) is 15.0 Å². The second kappa shape index (κ2) is 14.3. The largest absolute Gasteiger partial charge is 0.208 e. The van der Waals surface area contributed by atoms with E-state index in [0.717, 1.165) is 56.3 Å². The molecule has 1 unspecified atom stereocenters. The number of rotatable bonds is 7. The van der Waals surface area contributed by atoms with E-state index in [9.17, 15) is 10.5 Å². The summed E-state index contributed by atoms with van der Waals surface area (Å²) in [5.74, 6) is 3.28. The van der Waals surface area contributed by atoms with Gasteiger partial charge in [0.1, 0.15) is 0 Å². The van der Waals surface area contributed by atoms with Crippen molar-refractivity contribution in [1.29, 1.82) is 10.5 Å². The van der Waals surface area contributed by atoms with Crippen molar-refractivity contribution in [3.63, 3.8) is 0 Å². The predicted octanol–water partition coefficient (Wildman–Crippen LogP) is 12.1. The first-order valence-electron chi connectivity index (χ1n) is 19.1. The van der Waals surface area contributed by atoms with Gasteiger partial charge in [-0.15, -0.1) is 0 Å². The lowest BCUT2D eigenvalue weighted by atomic mass is 9.66. The standard InChI is InChI=1S/C50H39N5/c1-50(29-35-7-8-36(25-35)30-50)46-23-21-40(22-24-46)44-26-43(39-19-17-38(18-20-39)37-5-3-2-4-6-37)27-45(28-44)49-54-47(41-13-9-33(31-51)10-14-41)53-48(55-49)42-15-11-34(32-52)12-16-42/h2-6,9-24,26-28,35-36H,7-8,25,29-30H2,1H3/t35-,36+,50?. The van der Waals surface area contributed by atoms with Crippen LogP contribution in [0.15, 0.2) is 146 Å². The zero-order valence-corrected chi connectivity index (χ0v) is 30.8. The minimum atomic E-state index is 0.227. The van der Waals surface area contributed by atoms with Crippen molar-refractivity contribution in [3.05, 3.63) is 162 Å². The van der Waals surface area contributed by atoms with Gasteiger partial charge in [0.05, 0.1) is 23.3 Å². The topological polar surface area (TPSA) is 86.2 Å². The first-order valence-corrected chi connectivity index (χ1v) is 19.1. The normalized spacial score (nSPS) is 18.7. The molecule has 1 heterocycles. The number of hydrogen-bond acceptors (Lipinski definition) is 5. The highest BCUT2D eigenvalue weighted by Gasteiger charge is 2.41. The summed E-state index contributed by atoms with van der Waals surface area (Å²) in [4.78, 5) is 15.0. The molecule has 0 radical (unpaired) electrons. The summed E-state index contributed by atoms with van der Waals surface area (Å²) in [6.45, 7) is 2.47. The Morgan fingerprint density at radius 1 is 0.455 bits per heavy atom. The van der Waals surface area contributed by atoms with E-state index in [-0.39, 0.29) is 5.41 Å². The van der Waals surface area contributed by atoms with Crippen LogP contribution in [-0.4, -0.2) is 15.0 Å². The first kappa shape index (κ1) is 34.1. The fourth-order valence-corrected chi connectivity index (χ4v) is 8.93. The molecule has 3 atom stereocenters. The van der Waals surface area contributed by atoms with Gasteiger partial charge in [0.25, 0.3) is 0 Å². The molecule has 0 saturated heterocycles. The molecule has 55 heavy (non-hydrogen) atoms. The van der Waals surface area contributed by atoms with Crippen LogP contribution in [0.1, 0.15) is 55.7 Å². The Labute approximate surface area is 322 Å². The maximum absolute atomic E-state index is 9.44. The van der Waals surface area contributed by atoms with Crippen LogP contribution in [-0.2, 0) is 5.41 Å². The molecule has 5 heteroatoms. The number of aromatic nitrogens is 3. The van der Waals surface area contributed by atoms with E-state index in [4.69, 9.17) is 15.0 Å². The van der Waals surface area contributed by atoms with Crippen LogP contribution in [0.5, 0.6) is 0 Å². The van der Waals surface area contributed by atoms with E-state index < -0.39 is 0 Å². The molecule has 2 aliphatic rings. The number of benzene rings is 6. The summed E-state index contributed by atoms with van der Waals surface area (Å²) < 4.78 is 0. The van der Waals surface area contributed by atoms with Gasteiger partial charge < -0.3 is 0 Å². The number of hydrogen-bond donors (Lipinski definition) is 0. The second-order valence-corrected chi connectivity index (χ2v) is 15.5. The van der Waals surface area contributed by atoms with Crippen molar-refractivity contribution in [3.8, 4) is 79.7 Å². The minimum absolute atomic E-state index is 0.227. The van der Waals surface area contributed by atoms with Crippen LogP contribution in [0.3, 0.4) is 0 Å². The van der Waals surface area contributed by atoms with Gasteiger partial charge in [-0.25, -0.2) is 15.0 Å². The molecular weight excluding hydrogens is 671 g/mol. The van der Waals surface area contributed by atoms with Crippen LogP contribution < -0.4 is 0 Å². The highest BCUT2D eigenvalue weighted by molar-refractivity contribution is 5.81. The third-order valence-corrected chi connectivity index (χ3v) is 11.7. The van der Waals surface area contributed by atoms with Gasteiger partial charge in [0.2, 0.25) is 0 Å². The van der Waals surface area contributed by atoms with Gasteiger partial charge >= 0.3 is 0 Å². The lowest BCUT2D eigenvalue weighted by Crippen LogP contribution is -2.30. The zero-order chi connectivity index (χ0) is 37.4. The maximum Gasteiger partial charge on any atom is 0.164 e. The van der Waals surface area contributed by atoms with E-state index in [1.54, 1.807) is 24.3 Å². The smallest absolute Gasteiger partial charge is 0.164 e. The Morgan fingerprint density at radius 2 is 0.836 bits per heavy atom. The summed E-state index contributed by atoms with van der Waals surface area (Å²) in [5, 5.41) is 18.9. The maximum atomic E-state index is 9.44. The fraction of sp³-hybridized carbons (Fsp3) is 0.180. The van der Waals surface area contributed by atoms with Crippen LogP contribution in [0.25, 0.3) is 67.5 Å². The quantitative estimate of drug-likeness (QED) is 0.164. The summed E-state index contributed by atoms with van der Waals surface area (Å²) >= 11 is 0. The molecule has 0 spiro atoms. The molecule has 2 bridgehead atoms. The molecule has 2 saturated carbocycles. The van der Waals surface area contributed by atoms with Crippen molar-refractivity contribution in [2.24, 2.45) is 11.8 Å². The van der Waals surface area contributed by atoms with Gasteiger partial charge in [-0.1, -0.05) is 98.6 Å². The van der Waals surface area contributed by atoms with Crippen molar-refractivity contribution >= 4 is 0 Å². The first-order chi connectivity index (χ1) is 26.9. The Hall–Kier alpha value is -6.69. The van der Waals surface area contributed by atoms with Gasteiger partial charge in [0.15, 0.2) is 17.5 Å². The summed E-state index contributed by atoms with van der Waals surface area (Å²) in [6.07, 6.45) is 6.74.